The minimum Gasteiger partial charge on any atom is -0.282 e. The molecule has 0 atom stereocenters. The molecule has 2 aromatic rings. The van der Waals surface area contributed by atoms with E-state index in [1.165, 1.54) is 60.8 Å². The molecule has 6 aliphatic carbocycles. The van der Waals surface area contributed by atoms with Gasteiger partial charge in [-0.1, -0.05) is 54.7 Å². The summed E-state index contributed by atoms with van der Waals surface area (Å²) in [5.74, 6) is -3.83. The van der Waals surface area contributed by atoms with E-state index in [1.807, 2.05) is 0 Å². The smallest absolute Gasteiger partial charge is 0.282 e. The van der Waals surface area contributed by atoms with E-state index in [1.54, 1.807) is 13.8 Å². The fourth-order valence-corrected chi connectivity index (χ4v) is 13.2. The van der Waals surface area contributed by atoms with Gasteiger partial charge in [0.15, 0.2) is 0 Å². The number of allylic oxidation sites excluding steroid dienone is 14. The maximum Gasteiger partial charge on any atom is 0.367 e. The Hall–Kier alpha value is -8.33. The second-order valence-corrected chi connectivity index (χ2v) is 27.3. The first-order valence-electron chi connectivity index (χ1n) is 24.1. The lowest BCUT2D eigenvalue weighted by atomic mass is 9.94. The summed E-state index contributed by atoms with van der Waals surface area (Å²) in [7, 11) is -31.8. The van der Waals surface area contributed by atoms with Gasteiger partial charge in [0.2, 0.25) is 0 Å². The van der Waals surface area contributed by atoms with Gasteiger partial charge in [-0.25, -0.2) is 24.8 Å². The van der Waals surface area contributed by atoms with E-state index in [4.69, 9.17) is 0 Å². The summed E-state index contributed by atoms with van der Waals surface area (Å²) in [5.41, 5.74) is -3.56. The minimum atomic E-state index is -5.45. The molecule has 6 aliphatic rings. The van der Waals surface area contributed by atoms with Crippen LogP contribution in [0.25, 0.3) is 9.81 Å². The third-order valence-corrected chi connectivity index (χ3v) is 18.3. The molecule has 0 unspecified atom stereocenters. The lowest BCUT2D eigenvalue weighted by molar-refractivity contribution is -0.115. The zero-order valence-electron chi connectivity index (χ0n) is 43.7. The van der Waals surface area contributed by atoms with E-state index < -0.39 is 166 Å². The molecule has 29 nitrogen and oxygen atoms in total. The van der Waals surface area contributed by atoms with Crippen LogP contribution in [0.4, 0.5) is 4.79 Å². The molecule has 6 amide bonds. The van der Waals surface area contributed by atoms with Crippen molar-refractivity contribution in [1.82, 2.24) is 0 Å². The maximum absolute atomic E-state index is 13.7. The molecular formula is C51H40N6O23S6. The van der Waals surface area contributed by atoms with Gasteiger partial charge in [0, 0.05) is 76.7 Å². The zero-order chi connectivity index (χ0) is 63.4. The summed E-state index contributed by atoms with van der Waals surface area (Å²) in [4.78, 5) is 84.8. The van der Waals surface area contributed by atoms with E-state index in [9.17, 15) is 102 Å². The molecule has 35 heteroatoms. The van der Waals surface area contributed by atoms with Crippen LogP contribution in [0.2, 0.25) is 0 Å². The molecule has 0 spiro atoms. The molecule has 0 aromatic heterocycles. The number of nitrogens with zero attached hydrogens (tertiary/aromatic N) is 6. The lowest BCUT2D eigenvalue weighted by Gasteiger charge is -2.21. The van der Waals surface area contributed by atoms with Crippen molar-refractivity contribution >= 4 is 134 Å². The summed E-state index contributed by atoms with van der Waals surface area (Å²) >= 11 is 0. The Labute approximate surface area is 488 Å². The van der Waals surface area contributed by atoms with Gasteiger partial charge in [-0.15, -0.1) is 0 Å². The molecular weight excluding hydrogens is 1260 g/mol. The highest BCUT2D eigenvalue weighted by Crippen LogP contribution is 2.39. The second-order valence-electron chi connectivity index (χ2n) is 18.9. The van der Waals surface area contributed by atoms with E-state index in [2.05, 4.69) is 30.0 Å². The highest BCUT2D eigenvalue weighted by molar-refractivity contribution is 7.95. The molecule has 0 saturated heterocycles. The Morgan fingerprint density at radius 3 is 1.23 bits per heavy atom. The molecule has 0 bridgehead atoms. The van der Waals surface area contributed by atoms with Gasteiger partial charge in [0.05, 0.1) is 53.9 Å². The van der Waals surface area contributed by atoms with E-state index in [0.717, 1.165) is 12.2 Å². The molecule has 0 saturated carbocycles. The Balaban J connectivity index is 0.948. The van der Waals surface area contributed by atoms with Crippen LogP contribution in [0.3, 0.4) is 0 Å². The average Bonchev–Trinajstić information content (AvgIpc) is 0.808. The van der Waals surface area contributed by atoms with Gasteiger partial charge < -0.3 is 0 Å². The van der Waals surface area contributed by atoms with Crippen LogP contribution >= 0.6 is 0 Å². The predicted molar refractivity (Wildman–Crippen MR) is 305 cm³/mol. The Morgan fingerprint density at radius 2 is 0.814 bits per heavy atom. The van der Waals surface area contributed by atoms with Crippen molar-refractivity contribution in [1.29, 1.82) is 0 Å². The van der Waals surface area contributed by atoms with Crippen molar-refractivity contribution in [2.75, 3.05) is 0 Å². The highest BCUT2D eigenvalue weighted by atomic mass is 32.2. The molecule has 86 heavy (non-hydrogen) atoms. The number of rotatable bonds is 10. The third-order valence-electron chi connectivity index (χ3n) is 13.0. The zero-order valence-corrected chi connectivity index (χ0v) is 48.6. The molecule has 0 aliphatic heterocycles. The predicted octanol–water partition coefficient (Wildman–Crippen LogP) is 4.53. The first-order valence-corrected chi connectivity index (χ1v) is 32.7. The summed E-state index contributed by atoms with van der Waals surface area (Å²) in [6, 6.07) is 0.533. The summed E-state index contributed by atoms with van der Waals surface area (Å²) in [6.07, 6.45) is 13.1. The van der Waals surface area contributed by atoms with E-state index in [0.29, 0.717) is 35.4 Å². The van der Waals surface area contributed by atoms with Crippen molar-refractivity contribution in [3.05, 3.63) is 153 Å². The number of benzene rings is 2. The lowest BCUT2D eigenvalue weighted by Crippen LogP contribution is -2.21. The van der Waals surface area contributed by atoms with Crippen LogP contribution in [0.1, 0.15) is 74.6 Å². The first-order chi connectivity index (χ1) is 39.8. The summed E-state index contributed by atoms with van der Waals surface area (Å²) < 4.78 is 206. The van der Waals surface area contributed by atoms with Crippen molar-refractivity contribution in [3.63, 3.8) is 0 Å². The van der Waals surface area contributed by atoms with Gasteiger partial charge in [-0.05, 0) is 73.9 Å². The molecule has 0 radical (unpaired) electrons. The van der Waals surface area contributed by atoms with Crippen molar-refractivity contribution in [3.8, 4) is 0 Å². The van der Waals surface area contributed by atoms with Crippen LogP contribution in [0, 0.1) is 0 Å². The Morgan fingerprint density at radius 1 is 0.407 bits per heavy atom. The largest absolute Gasteiger partial charge is 0.367 e. The van der Waals surface area contributed by atoms with Crippen LogP contribution in [-0.4, -0.2) is 142 Å². The van der Waals surface area contributed by atoms with Gasteiger partial charge in [0.25, 0.3) is 84.3 Å². The van der Waals surface area contributed by atoms with E-state index >= 15 is 0 Å². The van der Waals surface area contributed by atoms with Crippen LogP contribution in [0.15, 0.2) is 180 Å². The molecule has 0 fully saturated rings. The number of hydrogen-bond acceptors (Lipinski definition) is 17. The third kappa shape index (κ3) is 14.3. The number of fused-ring (bicyclic) bond motifs is 2. The normalized spacial score (nSPS) is 20.5. The number of carbonyl (C=O) groups excluding carboxylic acids is 5. The van der Waals surface area contributed by atoms with E-state index in [-0.39, 0.29) is 70.8 Å². The summed E-state index contributed by atoms with van der Waals surface area (Å²) in [6.45, 7) is 3.11. The highest BCUT2D eigenvalue weighted by Gasteiger charge is 2.37. The molecule has 2 aromatic carbocycles. The van der Waals surface area contributed by atoms with Crippen LogP contribution < -0.4 is 0 Å². The number of carbonyl (C=O) groups is 5. The van der Waals surface area contributed by atoms with Crippen molar-refractivity contribution < 1.29 is 102 Å². The number of hydrogen-bond donors (Lipinski definition) is 6. The molecule has 448 valence electrons. The van der Waals surface area contributed by atoms with Crippen molar-refractivity contribution in [2.45, 2.75) is 72.0 Å². The minimum absolute atomic E-state index is 0.0157. The van der Waals surface area contributed by atoms with Gasteiger partial charge in [-0.2, -0.15) is 60.5 Å². The fraction of sp³-hybridized carbons (Fsp3) is 0.157. The first kappa shape index (κ1) is 63.7. The average molecular weight is 1300 g/mol. The van der Waals surface area contributed by atoms with Crippen molar-refractivity contribution in [2.24, 2.45) is 30.0 Å². The second kappa shape index (κ2) is 23.5. The monoisotopic (exact) mass is 1300 g/mol. The van der Waals surface area contributed by atoms with Gasteiger partial charge in [-0.3, -0.25) is 46.5 Å². The molecule has 0 heterocycles. The SMILES string of the molecule is CC1=CCC(C(=O)N=C2CC=C(S(=O)(=O)O)c3cc(S(=O)(=O)O)cc(S(=O)(=O)O)c32)=CC1=NC(=O)C1=CC=C/C(=N\C(=O)/N=C2\C=CC=C(C(=O)N=C3CC(C(=O)N=C4CC=C(S(=O)(=O)O)c5cc(S(=O)(=O)O)cc(S(=O)(=O)O)c54)=CC=C3C)C2)C1. The standard InChI is InChI=1S/C51H40N6O23S6/c1-25-9-11-29(49(60)54-37-13-15-41(83(69,70)71)35-21-33(81(63,64)65)23-43(45(35)37)85(75,76)77)19-39(25)56-47(58)27-5-3-7-31(17-27)52-51(62)53-32-8-4-6-28(18-32)48(59)57-40-20-30(12-10-26(40)2)50(61)55-38-14-16-42(84(72,73)74)36-22-34(82(66,67)68)24-44(46(36)38)86(78,79)80/h3-11,15-16,20-24H,12-14,17-19H2,1-2H3,(H,63,64,65)(H,66,67,68)(H,69,70,71)(H,72,73,74)(H,75,76,77)(H,78,79,80)/b52-31+,53-32+,54-37?,55-38?,56-39?,57-40?. The quantitative estimate of drug-likeness (QED) is 0.178. The molecule has 8 rings (SSSR count). The number of urea groups is 1. The van der Waals surface area contributed by atoms with Gasteiger partial charge >= 0.3 is 6.03 Å². The maximum atomic E-state index is 13.7. The topological polar surface area (TPSA) is 486 Å². The van der Waals surface area contributed by atoms with Crippen LogP contribution in [-0.2, 0) is 79.9 Å². The fourth-order valence-electron chi connectivity index (χ4n) is 8.97. The number of amides is 6. The van der Waals surface area contributed by atoms with Gasteiger partial charge in [0.1, 0.15) is 9.79 Å². The molecule has 6 N–H and O–H groups in total. The summed E-state index contributed by atoms with van der Waals surface area (Å²) in [5, 5.41) is 0. The van der Waals surface area contributed by atoms with Crippen LogP contribution in [0.5, 0.6) is 0 Å². The number of aliphatic imine (C=N–C) groups is 6. The Kier molecular flexibility index (Phi) is 17.4. The Bertz CT molecular complexity index is 4830.